The third kappa shape index (κ3) is 5.15. The van der Waals surface area contributed by atoms with Crippen LogP contribution < -0.4 is 15.4 Å². The Kier molecular flexibility index (Phi) is 6.32. The van der Waals surface area contributed by atoms with E-state index in [-0.39, 0.29) is 17.3 Å². The van der Waals surface area contributed by atoms with Gasteiger partial charge in [0.1, 0.15) is 34.9 Å². The highest BCUT2D eigenvalue weighted by atomic mass is 19.1. The molecule has 170 valence electrons. The highest BCUT2D eigenvalue weighted by Gasteiger charge is 2.31. The Morgan fingerprint density at radius 1 is 1.03 bits per heavy atom. The van der Waals surface area contributed by atoms with Crippen molar-refractivity contribution in [3.05, 3.63) is 66.1 Å². The van der Waals surface area contributed by atoms with Gasteiger partial charge in [0.2, 0.25) is 5.91 Å². The van der Waals surface area contributed by atoms with Crippen molar-refractivity contribution >= 4 is 17.5 Å². The molecule has 1 aliphatic heterocycles. The number of anilines is 1. The minimum atomic E-state index is -0.558. The average Bonchev–Trinajstić information content (AvgIpc) is 2.80. The molecule has 9 heteroatoms. The van der Waals surface area contributed by atoms with Crippen molar-refractivity contribution in [3.63, 3.8) is 0 Å². The van der Waals surface area contributed by atoms with Crippen LogP contribution in [0.5, 0.6) is 11.5 Å². The van der Waals surface area contributed by atoms with Crippen molar-refractivity contribution in [2.24, 2.45) is 5.73 Å². The van der Waals surface area contributed by atoms with E-state index in [1.54, 1.807) is 42.5 Å². The van der Waals surface area contributed by atoms with Crippen molar-refractivity contribution in [2.75, 3.05) is 31.6 Å². The van der Waals surface area contributed by atoms with Crippen LogP contribution in [0, 0.1) is 5.82 Å². The maximum Gasteiger partial charge on any atom is 0.241 e. The predicted octanol–water partition coefficient (Wildman–Crippen LogP) is 2.88. The van der Waals surface area contributed by atoms with Crippen molar-refractivity contribution in [3.8, 4) is 22.9 Å². The summed E-state index contributed by atoms with van der Waals surface area (Å²) in [7, 11) is 1.93. The molecular formula is C24H24FN5O3. The second-order valence-electron chi connectivity index (χ2n) is 7.95. The van der Waals surface area contributed by atoms with Crippen molar-refractivity contribution in [1.29, 1.82) is 0 Å². The molecule has 0 saturated carbocycles. The first kappa shape index (κ1) is 22.3. The third-order valence-corrected chi connectivity index (χ3v) is 5.44. The minimum Gasteiger partial charge on any atom is -0.457 e. The first-order chi connectivity index (χ1) is 15.8. The van der Waals surface area contributed by atoms with Gasteiger partial charge in [0.25, 0.3) is 0 Å². The summed E-state index contributed by atoms with van der Waals surface area (Å²) in [5, 5.41) is 0. The van der Waals surface area contributed by atoms with E-state index in [0.717, 1.165) is 6.54 Å². The summed E-state index contributed by atoms with van der Waals surface area (Å²) in [6.45, 7) is 3.18. The van der Waals surface area contributed by atoms with Crippen LogP contribution in [0.2, 0.25) is 0 Å². The van der Waals surface area contributed by atoms with Gasteiger partial charge in [0.05, 0.1) is 0 Å². The van der Waals surface area contributed by atoms with Gasteiger partial charge in [-0.1, -0.05) is 0 Å². The lowest BCUT2D eigenvalue weighted by Crippen LogP contribution is -2.57. The summed E-state index contributed by atoms with van der Waals surface area (Å²) in [5.41, 5.74) is 6.57. The van der Waals surface area contributed by atoms with E-state index in [9.17, 15) is 14.0 Å². The molecule has 3 aromatic rings. The first-order valence-corrected chi connectivity index (χ1v) is 10.5. The number of benzene rings is 2. The van der Waals surface area contributed by atoms with Gasteiger partial charge in [-0.15, -0.1) is 0 Å². The molecule has 2 aromatic carbocycles. The largest absolute Gasteiger partial charge is 0.457 e. The van der Waals surface area contributed by atoms with Crippen LogP contribution in [0.4, 0.5) is 10.2 Å². The van der Waals surface area contributed by atoms with Crippen LogP contribution in [-0.2, 0) is 4.79 Å². The first-order valence-electron chi connectivity index (χ1n) is 10.5. The molecule has 1 aromatic heterocycles. The summed E-state index contributed by atoms with van der Waals surface area (Å²) < 4.78 is 18.8. The number of hydrogen-bond donors (Lipinski definition) is 1. The standard InChI is InChI=1S/C24H24FN5O3/c1-15(31)20-13-22(30-12-11-29(2)14-21(30)23(26)32)28-24(27-20)16-3-7-18(8-4-16)33-19-9-5-17(25)6-10-19/h3-10,13,21H,11-12,14H2,1-2H3,(H2,26,32). The fraction of sp³-hybridized carbons (Fsp3) is 0.250. The molecule has 1 fully saturated rings. The van der Waals surface area contributed by atoms with Crippen LogP contribution in [0.3, 0.4) is 0 Å². The number of Topliss-reactive ketones (excluding diaryl/α,β-unsaturated/α-hetero) is 1. The van der Waals surface area contributed by atoms with E-state index >= 15 is 0 Å². The Morgan fingerprint density at radius 3 is 2.27 bits per heavy atom. The zero-order valence-corrected chi connectivity index (χ0v) is 18.4. The van der Waals surface area contributed by atoms with Crippen LogP contribution >= 0.6 is 0 Å². The Hall–Kier alpha value is -3.85. The molecule has 0 bridgehead atoms. The van der Waals surface area contributed by atoms with E-state index in [2.05, 4.69) is 9.97 Å². The SMILES string of the molecule is CC(=O)c1cc(N2CCN(C)CC2C(N)=O)nc(-c2ccc(Oc3ccc(F)cc3)cc2)n1. The lowest BCUT2D eigenvalue weighted by Gasteiger charge is -2.39. The van der Waals surface area contributed by atoms with Crippen LogP contribution in [0.25, 0.3) is 11.4 Å². The number of carbonyl (C=O) groups is 2. The van der Waals surface area contributed by atoms with E-state index < -0.39 is 11.9 Å². The Balaban J connectivity index is 1.64. The fourth-order valence-corrected chi connectivity index (χ4v) is 3.64. The molecule has 1 aliphatic rings. The predicted molar refractivity (Wildman–Crippen MR) is 122 cm³/mol. The van der Waals surface area contributed by atoms with Gasteiger partial charge in [0.15, 0.2) is 11.6 Å². The molecule has 8 nitrogen and oxygen atoms in total. The zero-order valence-electron chi connectivity index (χ0n) is 18.4. The monoisotopic (exact) mass is 449 g/mol. The molecule has 4 rings (SSSR count). The van der Waals surface area contributed by atoms with Gasteiger partial charge in [-0.2, -0.15) is 0 Å². The fourth-order valence-electron chi connectivity index (χ4n) is 3.64. The number of primary amides is 1. The lowest BCUT2D eigenvalue weighted by atomic mass is 10.1. The Bertz CT molecular complexity index is 1170. The van der Waals surface area contributed by atoms with Crippen LogP contribution in [0.1, 0.15) is 17.4 Å². The van der Waals surface area contributed by atoms with E-state index in [4.69, 9.17) is 10.5 Å². The third-order valence-electron chi connectivity index (χ3n) is 5.44. The number of amides is 1. The van der Waals surface area contributed by atoms with Gasteiger partial charge in [-0.05, 0) is 55.6 Å². The number of nitrogens with two attached hydrogens (primary N) is 1. The van der Waals surface area contributed by atoms with Gasteiger partial charge < -0.3 is 20.3 Å². The number of carbonyl (C=O) groups excluding carboxylic acids is 2. The number of aromatic nitrogens is 2. The Morgan fingerprint density at radius 2 is 1.67 bits per heavy atom. The number of likely N-dealkylation sites (N-methyl/N-ethyl adjacent to an activating group) is 1. The van der Waals surface area contributed by atoms with Crippen molar-refractivity contribution in [2.45, 2.75) is 13.0 Å². The highest BCUT2D eigenvalue weighted by Crippen LogP contribution is 2.27. The molecule has 1 saturated heterocycles. The number of ketones is 1. The molecule has 2 N–H and O–H groups in total. The molecule has 1 atom stereocenters. The van der Waals surface area contributed by atoms with Crippen molar-refractivity contribution in [1.82, 2.24) is 14.9 Å². The van der Waals surface area contributed by atoms with Crippen LogP contribution in [-0.4, -0.2) is 59.3 Å². The summed E-state index contributed by atoms with van der Waals surface area (Å²) in [5.74, 6) is 0.904. The summed E-state index contributed by atoms with van der Waals surface area (Å²) >= 11 is 0. The summed E-state index contributed by atoms with van der Waals surface area (Å²) in [4.78, 5) is 37.1. The highest BCUT2D eigenvalue weighted by molar-refractivity contribution is 5.93. The lowest BCUT2D eigenvalue weighted by molar-refractivity contribution is -0.120. The molecule has 0 spiro atoms. The van der Waals surface area contributed by atoms with Gasteiger partial charge in [-0.25, -0.2) is 14.4 Å². The normalized spacial score (nSPS) is 16.5. The number of rotatable bonds is 6. The number of piperazine rings is 1. The van der Waals surface area contributed by atoms with Gasteiger partial charge >= 0.3 is 0 Å². The zero-order chi connectivity index (χ0) is 23.5. The van der Waals surface area contributed by atoms with Gasteiger partial charge in [0, 0.05) is 38.2 Å². The topological polar surface area (TPSA) is 102 Å². The average molecular weight is 449 g/mol. The molecule has 0 radical (unpaired) electrons. The second-order valence-corrected chi connectivity index (χ2v) is 7.95. The molecule has 1 unspecified atom stereocenters. The second kappa shape index (κ2) is 9.33. The van der Waals surface area contributed by atoms with Gasteiger partial charge in [-0.3, -0.25) is 9.59 Å². The number of nitrogens with zero attached hydrogens (tertiary/aromatic N) is 4. The van der Waals surface area contributed by atoms with Crippen LogP contribution in [0.15, 0.2) is 54.6 Å². The minimum absolute atomic E-state index is 0.207. The maximum atomic E-state index is 13.1. The molecule has 33 heavy (non-hydrogen) atoms. The number of hydrogen-bond acceptors (Lipinski definition) is 7. The van der Waals surface area contributed by atoms with E-state index in [1.807, 2.05) is 16.8 Å². The number of ether oxygens (including phenoxy) is 1. The number of halogens is 1. The maximum absolute atomic E-state index is 13.1. The Labute approximate surface area is 190 Å². The summed E-state index contributed by atoms with van der Waals surface area (Å²) in [6.07, 6.45) is 0. The molecular weight excluding hydrogens is 425 g/mol. The van der Waals surface area contributed by atoms with E-state index in [1.165, 1.54) is 19.1 Å². The summed E-state index contributed by atoms with van der Waals surface area (Å²) in [6, 6.07) is 13.8. The molecule has 0 aliphatic carbocycles. The molecule has 1 amide bonds. The van der Waals surface area contributed by atoms with Crippen molar-refractivity contribution < 1.29 is 18.7 Å². The smallest absolute Gasteiger partial charge is 0.241 e. The molecule has 2 heterocycles. The quantitative estimate of drug-likeness (QED) is 0.578. The van der Waals surface area contributed by atoms with E-state index in [0.29, 0.717) is 41.8 Å².